The quantitative estimate of drug-likeness (QED) is 0.934. The molecule has 114 valence electrons. The van der Waals surface area contributed by atoms with Gasteiger partial charge in [0.2, 0.25) is 10.7 Å². The molecule has 6 nitrogen and oxygen atoms in total. The van der Waals surface area contributed by atoms with E-state index in [9.17, 15) is 4.79 Å². The fourth-order valence-corrected chi connectivity index (χ4v) is 2.91. The van der Waals surface area contributed by atoms with E-state index in [0.29, 0.717) is 22.3 Å². The van der Waals surface area contributed by atoms with Gasteiger partial charge in [-0.05, 0) is 19.9 Å². The monoisotopic (exact) mass is 336 g/mol. The number of oxime groups is 1. The number of nitrogens with one attached hydrogen (secondary N) is 1. The Morgan fingerprint density at radius 3 is 2.86 bits per heavy atom. The van der Waals surface area contributed by atoms with Crippen LogP contribution in [0.15, 0.2) is 29.4 Å². The molecule has 0 fully saturated rings. The third-order valence-corrected chi connectivity index (χ3v) is 4.36. The summed E-state index contributed by atoms with van der Waals surface area (Å²) in [5.74, 6) is -0.311. The van der Waals surface area contributed by atoms with Crippen molar-refractivity contribution in [2.45, 2.75) is 25.9 Å². The minimum absolute atomic E-state index is 0.311. The summed E-state index contributed by atoms with van der Waals surface area (Å²) in [7, 11) is 0. The summed E-state index contributed by atoms with van der Waals surface area (Å²) in [6, 6.07) is 7.33. The van der Waals surface area contributed by atoms with Gasteiger partial charge < -0.3 is 4.84 Å². The number of benzene rings is 1. The van der Waals surface area contributed by atoms with Crippen molar-refractivity contribution in [3.63, 3.8) is 0 Å². The number of anilines is 1. The lowest BCUT2D eigenvalue weighted by Gasteiger charge is -2.19. The van der Waals surface area contributed by atoms with Gasteiger partial charge in [0, 0.05) is 17.0 Å². The fourth-order valence-electron chi connectivity index (χ4n) is 2.08. The Balaban J connectivity index is 1.74. The van der Waals surface area contributed by atoms with E-state index in [4.69, 9.17) is 16.4 Å². The number of carbonyl (C=O) groups is 1. The third kappa shape index (κ3) is 2.82. The van der Waals surface area contributed by atoms with Gasteiger partial charge in [-0.25, -0.2) is 0 Å². The molecule has 1 aromatic heterocycles. The molecule has 3 rings (SSSR count). The highest BCUT2D eigenvalue weighted by atomic mass is 35.5. The van der Waals surface area contributed by atoms with Crippen molar-refractivity contribution in [1.29, 1.82) is 0 Å². The molecule has 22 heavy (non-hydrogen) atoms. The number of aromatic nitrogens is 2. The van der Waals surface area contributed by atoms with Gasteiger partial charge in [-0.15, -0.1) is 10.2 Å². The van der Waals surface area contributed by atoms with Crippen LogP contribution in [0.2, 0.25) is 5.02 Å². The Morgan fingerprint density at radius 1 is 1.41 bits per heavy atom. The Hall–Kier alpha value is -1.99. The van der Waals surface area contributed by atoms with Crippen molar-refractivity contribution in [1.82, 2.24) is 10.2 Å². The maximum Gasteiger partial charge on any atom is 0.273 e. The summed E-state index contributed by atoms with van der Waals surface area (Å²) >= 11 is 7.46. The van der Waals surface area contributed by atoms with Gasteiger partial charge in [-0.3, -0.25) is 10.1 Å². The summed E-state index contributed by atoms with van der Waals surface area (Å²) < 4.78 is 0. The van der Waals surface area contributed by atoms with Crippen LogP contribution in [0.4, 0.5) is 5.13 Å². The molecule has 0 unspecified atom stereocenters. The van der Waals surface area contributed by atoms with Crippen LogP contribution < -0.4 is 5.32 Å². The average molecular weight is 337 g/mol. The number of carbonyl (C=O) groups excluding carboxylic acids is 1. The van der Waals surface area contributed by atoms with Gasteiger partial charge >= 0.3 is 0 Å². The first kappa shape index (κ1) is 14.9. The molecule has 0 radical (unpaired) electrons. The normalized spacial score (nSPS) is 20.4. The van der Waals surface area contributed by atoms with Crippen molar-refractivity contribution in [2.24, 2.45) is 5.16 Å². The summed E-state index contributed by atoms with van der Waals surface area (Å²) in [5.41, 5.74) is 0.331. The molecule has 1 aliphatic rings. The van der Waals surface area contributed by atoms with Crippen molar-refractivity contribution in [3.05, 3.63) is 39.9 Å². The molecule has 0 spiro atoms. The van der Waals surface area contributed by atoms with Crippen LogP contribution in [0.3, 0.4) is 0 Å². The minimum atomic E-state index is -1.09. The van der Waals surface area contributed by atoms with Crippen LogP contribution in [-0.2, 0) is 9.63 Å². The van der Waals surface area contributed by atoms with E-state index >= 15 is 0 Å². The molecule has 1 aromatic carbocycles. The second-order valence-corrected chi connectivity index (χ2v) is 6.69. The highest BCUT2D eigenvalue weighted by Crippen LogP contribution is 2.30. The first-order valence-electron chi connectivity index (χ1n) is 6.59. The number of nitrogens with zero attached hydrogens (tertiary/aromatic N) is 3. The van der Waals surface area contributed by atoms with Crippen LogP contribution >= 0.6 is 22.9 Å². The number of amides is 1. The first-order valence-corrected chi connectivity index (χ1v) is 7.79. The van der Waals surface area contributed by atoms with Crippen molar-refractivity contribution in [2.75, 3.05) is 5.32 Å². The molecule has 1 atom stereocenters. The summed E-state index contributed by atoms with van der Waals surface area (Å²) in [4.78, 5) is 17.8. The molecule has 0 saturated carbocycles. The molecular weight excluding hydrogens is 324 g/mol. The highest BCUT2D eigenvalue weighted by molar-refractivity contribution is 7.15. The lowest BCUT2D eigenvalue weighted by molar-refractivity contribution is -0.135. The Kier molecular flexibility index (Phi) is 3.84. The van der Waals surface area contributed by atoms with Gasteiger partial charge in [0.15, 0.2) is 0 Å². The molecule has 8 heteroatoms. The van der Waals surface area contributed by atoms with E-state index < -0.39 is 5.60 Å². The van der Waals surface area contributed by atoms with E-state index in [0.717, 1.165) is 10.6 Å². The number of hydrogen-bond donors (Lipinski definition) is 1. The van der Waals surface area contributed by atoms with Gasteiger partial charge in [-0.2, -0.15) is 0 Å². The van der Waals surface area contributed by atoms with Crippen molar-refractivity contribution >= 4 is 39.7 Å². The van der Waals surface area contributed by atoms with Gasteiger partial charge in [0.05, 0.1) is 5.71 Å². The Bertz CT molecular complexity index is 761. The molecule has 2 aromatic rings. The number of rotatable bonds is 3. The zero-order valence-electron chi connectivity index (χ0n) is 12.0. The summed E-state index contributed by atoms with van der Waals surface area (Å²) in [5, 5.41) is 16.3. The van der Waals surface area contributed by atoms with Crippen LogP contribution in [-0.4, -0.2) is 27.4 Å². The molecule has 0 saturated heterocycles. The number of hydrogen-bond acceptors (Lipinski definition) is 6. The van der Waals surface area contributed by atoms with E-state index in [-0.39, 0.29) is 5.91 Å². The molecule has 1 aliphatic heterocycles. The van der Waals surface area contributed by atoms with E-state index in [2.05, 4.69) is 20.7 Å². The second kappa shape index (κ2) is 5.66. The average Bonchev–Trinajstić information content (AvgIpc) is 3.07. The Morgan fingerprint density at radius 2 is 2.18 bits per heavy atom. The van der Waals surface area contributed by atoms with E-state index in [1.54, 1.807) is 13.0 Å². The molecule has 1 N–H and O–H groups in total. The van der Waals surface area contributed by atoms with E-state index in [1.165, 1.54) is 11.3 Å². The highest BCUT2D eigenvalue weighted by Gasteiger charge is 2.43. The van der Waals surface area contributed by atoms with Crippen molar-refractivity contribution < 1.29 is 9.63 Å². The van der Waals surface area contributed by atoms with Crippen LogP contribution in [0, 0.1) is 6.92 Å². The topological polar surface area (TPSA) is 76.5 Å². The lowest BCUT2D eigenvalue weighted by Crippen LogP contribution is -2.40. The first-order chi connectivity index (χ1) is 10.5. The van der Waals surface area contributed by atoms with Gasteiger partial charge in [0.25, 0.3) is 5.91 Å². The fraction of sp³-hybridized carbons (Fsp3) is 0.286. The van der Waals surface area contributed by atoms with Gasteiger partial charge in [-0.1, -0.05) is 46.3 Å². The zero-order chi connectivity index (χ0) is 15.7. The maximum atomic E-state index is 12.4. The predicted octanol–water partition coefficient (Wildman–Crippen LogP) is 3.02. The van der Waals surface area contributed by atoms with E-state index in [1.807, 2.05) is 25.1 Å². The second-order valence-electron chi connectivity index (χ2n) is 5.10. The minimum Gasteiger partial charge on any atom is -0.379 e. The van der Waals surface area contributed by atoms with Crippen molar-refractivity contribution in [3.8, 4) is 0 Å². The Labute approximate surface area is 136 Å². The molecule has 2 heterocycles. The maximum absolute atomic E-state index is 12.4. The van der Waals surface area contributed by atoms with Crippen LogP contribution in [0.25, 0.3) is 0 Å². The lowest BCUT2D eigenvalue weighted by atomic mass is 9.95. The molecule has 0 aliphatic carbocycles. The van der Waals surface area contributed by atoms with Gasteiger partial charge in [0.1, 0.15) is 5.01 Å². The SMILES string of the molecule is Cc1nnc(NC(=O)[C@]2(C)CC(c3ccccc3Cl)=NO2)s1. The molecule has 1 amide bonds. The summed E-state index contributed by atoms with van der Waals surface area (Å²) in [6.07, 6.45) is 0.334. The van der Waals surface area contributed by atoms with Crippen LogP contribution in [0.5, 0.6) is 0 Å². The number of aryl methyl sites for hydroxylation is 1. The number of halogens is 1. The van der Waals surface area contributed by atoms with Crippen LogP contribution in [0.1, 0.15) is 23.9 Å². The smallest absolute Gasteiger partial charge is 0.273 e. The third-order valence-electron chi connectivity index (χ3n) is 3.27. The standard InChI is InChI=1S/C14H13ClN4O2S/c1-8-17-18-13(22-8)16-12(20)14(2)7-11(19-21-14)9-5-3-4-6-10(9)15/h3-6H,7H2,1-2H3,(H,16,18,20)/t14-/m0/s1. The predicted molar refractivity (Wildman–Crippen MR) is 85.4 cm³/mol. The summed E-state index contributed by atoms with van der Waals surface area (Å²) in [6.45, 7) is 3.50. The molecular formula is C14H13ClN4O2S. The zero-order valence-corrected chi connectivity index (χ0v) is 13.5. The molecule has 0 bridgehead atoms. The largest absolute Gasteiger partial charge is 0.379 e.